The van der Waals surface area contributed by atoms with Crippen LogP contribution in [0.5, 0.6) is 0 Å². The van der Waals surface area contributed by atoms with E-state index < -0.39 is 0 Å². The fourth-order valence-corrected chi connectivity index (χ4v) is 2.77. The Kier molecular flexibility index (Phi) is 5.70. The lowest BCUT2D eigenvalue weighted by atomic mass is 9.97. The highest BCUT2D eigenvalue weighted by Crippen LogP contribution is 2.18. The molecule has 2 aromatic rings. The molecule has 2 rings (SSSR count). The third kappa shape index (κ3) is 4.51. The molecule has 1 nitrogen and oxygen atoms in total. The predicted molar refractivity (Wildman–Crippen MR) is 93.7 cm³/mol. The van der Waals surface area contributed by atoms with Gasteiger partial charge in [-0.3, -0.25) is 4.79 Å². The van der Waals surface area contributed by atoms with Gasteiger partial charge in [0, 0.05) is 12.0 Å². The van der Waals surface area contributed by atoms with Crippen LogP contribution in [-0.2, 0) is 6.42 Å². The van der Waals surface area contributed by atoms with Gasteiger partial charge in [-0.25, -0.2) is 4.39 Å². The summed E-state index contributed by atoms with van der Waals surface area (Å²) in [5, 5.41) is 0. The largest absolute Gasteiger partial charge is 0.294 e. The molecule has 0 fully saturated rings. The van der Waals surface area contributed by atoms with Gasteiger partial charge in [0.1, 0.15) is 5.82 Å². The second-order valence-corrected chi connectivity index (χ2v) is 6.60. The van der Waals surface area contributed by atoms with Crippen molar-refractivity contribution in [1.82, 2.24) is 0 Å². The molecule has 0 atom stereocenters. The molecule has 0 bridgehead atoms. The molecule has 0 N–H and O–H groups in total. The molecule has 0 aromatic heterocycles. The summed E-state index contributed by atoms with van der Waals surface area (Å²) < 4.78 is 13.6. The van der Waals surface area contributed by atoms with E-state index in [1.54, 1.807) is 26.0 Å². The molecule has 0 amide bonds. The number of hydrogen-bond acceptors (Lipinski definition) is 1. The second kappa shape index (κ2) is 7.54. The van der Waals surface area contributed by atoms with Gasteiger partial charge in [-0.15, -0.1) is 0 Å². The van der Waals surface area contributed by atoms with E-state index in [0.717, 1.165) is 12.8 Å². The molecular weight excluding hydrogens is 287 g/mol. The summed E-state index contributed by atoms with van der Waals surface area (Å²) in [6, 6.07) is 11.9. The maximum Gasteiger partial charge on any atom is 0.162 e. The van der Waals surface area contributed by atoms with Crippen molar-refractivity contribution in [1.29, 1.82) is 0 Å². The van der Waals surface area contributed by atoms with Crippen molar-refractivity contribution >= 4 is 5.78 Å². The van der Waals surface area contributed by atoms with Gasteiger partial charge in [0.05, 0.1) is 0 Å². The highest BCUT2D eigenvalue weighted by molar-refractivity contribution is 5.96. The Labute approximate surface area is 138 Å². The minimum Gasteiger partial charge on any atom is -0.294 e. The average Bonchev–Trinajstić information content (AvgIpc) is 2.52. The van der Waals surface area contributed by atoms with Gasteiger partial charge in [-0.1, -0.05) is 38.1 Å². The zero-order chi connectivity index (χ0) is 17.0. The van der Waals surface area contributed by atoms with Gasteiger partial charge >= 0.3 is 0 Å². The normalized spacial score (nSPS) is 11.0. The van der Waals surface area contributed by atoms with Crippen molar-refractivity contribution in [2.24, 2.45) is 0 Å². The van der Waals surface area contributed by atoms with E-state index in [4.69, 9.17) is 0 Å². The molecule has 0 aliphatic heterocycles. The highest BCUT2D eigenvalue weighted by atomic mass is 19.1. The van der Waals surface area contributed by atoms with E-state index >= 15 is 0 Å². The van der Waals surface area contributed by atoms with Crippen LogP contribution in [0, 0.1) is 19.7 Å². The fraction of sp³-hybridized carbons (Fsp3) is 0.381. The zero-order valence-corrected chi connectivity index (χ0v) is 14.4. The van der Waals surface area contributed by atoms with Crippen LogP contribution in [0.4, 0.5) is 4.39 Å². The number of halogens is 1. The molecule has 0 aliphatic rings. The molecule has 0 aliphatic carbocycles. The Hall–Kier alpha value is -1.96. The van der Waals surface area contributed by atoms with Crippen LogP contribution in [0.3, 0.4) is 0 Å². The fourth-order valence-electron chi connectivity index (χ4n) is 2.77. The van der Waals surface area contributed by atoms with Crippen LogP contribution < -0.4 is 0 Å². The number of carbonyl (C=O) groups excluding carboxylic acids is 1. The number of aryl methyl sites for hydroxylation is 3. The Balaban J connectivity index is 1.92. The van der Waals surface area contributed by atoms with E-state index in [2.05, 4.69) is 38.1 Å². The summed E-state index contributed by atoms with van der Waals surface area (Å²) in [6.45, 7) is 7.77. The summed E-state index contributed by atoms with van der Waals surface area (Å²) in [5.41, 5.74) is 4.29. The Morgan fingerprint density at radius 2 is 1.61 bits per heavy atom. The molecule has 2 aromatic carbocycles. The Bertz CT molecular complexity index is 660. The maximum absolute atomic E-state index is 13.6. The lowest BCUT2D eigenvalue weighted by Crippen LogP contribution is -2.03. The molecule has 0 unspecified atom stereocenters. The van der Waals surface area contributed by atoms with Gasteiger partial charge in [-0.05, 0) is 67.0 Å². The number of rotatable bonds is 6. The molecule has 122 valence electrons. The SMILES string of the molecule is Cc1cc(C(=O)CCCc2ccc(C(C)C)cc2)cc(C)c1F. The third-order valence-electron chi connectivity index (χ3n) is 4.27. The van der Waals surface area contributed by atoms with E-state index in [-0.39, 0.29) is 11.6 Å². The minimum atomic E-state index is -0.216. The zero-order valence-electron chi connectivity index (χ0n) is 14.4. The molecule has 0 spiro atoms. The van der Waals surface area contributed by atoms with Crippen molar-refractivity contribution in [3.63, 3.8) is 0 Å². The highest BCUT2D eigenvalue weighted by Gasteiger charge is 2.10. The van der Waals surface area contributed by atoms with E-state index in [1.165, 1.54) is 11.1 Å². The average molecular weight is 312 g/mol. The molecule has 2 heteroatoms. The molecular formula is C21H25FO. The van der Waals surface area contributed by atoms with Crippen LogP contribution in [0.25, 0.3) is 0 Å². The van der Waals surface area contributed by atoms with Crippen molar-refractivity contribution in [3.8, 4) is 0 Å². The van der Waals surface area contributed by atoms with Gasteiger partial charge in [0.25, 0.3) is 0 Å². The number of benzene rings is 2. The van der Waals surface area contributed by atoms with Crippen molar-refractivity contribution in [2.75, 3.05) is 0 Å². The quantitative estimate of drug-likeness (QED) is 0.619. The first-order chi connectivity index (χ1) is 10.9. The third-order valence-corrected chi connectivity index (χ3v) is 4.27. The standard InChI is InChI=1S/C21H25FO/c1-14(2)18-10-8-17(9-11-18)6-5-7-20(23)19-12-15(3)21(22)16(4)13-19/h8-14H,5-7H2,1-4H3. The van der Waals surface area contributed by atoms with Crippen LogP contribution in [0.2, 0.25) is 0 Å². The van der Waals surface area contributed by atoms with E-state index in [0.29, 0.717) is 29.0 Å². The van der Waals surface area contributed by atoms with Crippen LogP contribution in [-0.4, -0.2) is 5.78 Å². The first-order valence-electron chi connectivity index (χ1n) is 8.27. The van der Waals surface area contributed by atoms with Crippen molar-refractivity contribution in [2.45, 2.75) is 52.9 Å². The second-order valence-electron chi connectivity index (χ2n) is 6.60. The minimum absolute atomic E-state index is 0.0926. The van der Waals surface area contributed by atoms with Crippen LogP contribution >= 0.6 is 0 Å². The lowest BCUT2D eigenvalue weighted by Gasteiger charge is -2.08. The number of carbonyl (C=O) groups is 1. The number of ketones is 1. The summed E-state index contributed by atoms with van der Waals surface area (Å²) >= 11 is 0. The Morgan fingerprint density at radius 3 is 2.13 bits per heavy atom. The summed E-state index contributed by atoms with van der Waals surface area (Å²) in [7, 11) is 0. The van der Waals surface area contributed by atoms with Crippen molar-refractivity contribution < 1.29 is 9.18 Å². The van der Waals surface area contributed by atoms with Crippen molar-refractivity contribution in [3.05, 3.63) is 70.0 Å². The molecule has 0 saturated heterocycles. The number of hydrogen-bond donors (Lipinski definition) is 0. The monoisotopic (exact) mass is 312 g/mol. The smallest absolute Gasteiger partial charge is 0.162 e. The summed E-state index contributed by atoms with van der Waals surface area (Å²) in [5.74, 6) is 0.414. The maximum atomic E-state index is 13.6. The molecule has 23 heavy (non-hydrogen) atoms. The Morgan fingerprint density at radius 1 is 1.04 bits per heavy atom. The predicted octanol–water partition coefficient (Wildman–Crippen LogP) is 5.77. The molecule has 0 saturated carbocycles. The number of Topliss-reactive ketones (excluding diaryl/α,β-unsaturated/α-hetero) is 1. The topological polar surface area (TPSA) is 17.1 Å². The van der Waals surface area contributed by atoms with Gasteiger partial charge in [-0.2, -0.15) is 0 Å². The summed E-state index contributed by atoms with van der Waals surface area (Å²) in [6.07, 6.45) is 2.20. The van der Waals surface area contributed by atoms with E-state index in [1.807, 2.05) is 0 Å². The summed E-state index contributed by atoms with van der Waals surface area (Å²) in [4.78, 5) is 12.3. The first kappa shape index (κ1) is 17.4. The van der Waals surface area contributed by atoms with Gasteiger partial charge in [0.15, 0.2) is 5.78 Å². The lowest BCUT2D eigenvalue weighted by molar-refractivity contribution is 0.0980. The van der Waals surface area contributed by atoms with Gasteiger partial charge in [0.2, 0.25) is 0 Å². The van der Waals surface area contributed by atoms with Gasteiger partial charge < -0.3 is 0 Å². The van der Waals surface area contributed by atoms with Crippen LogP contribution in [0.15, 0.2) is 36.4 Å². The van der Waals surface area contributed by atoms with E-state index in [9.17, 15) is 9.18 Å². The van der Waals surface area contributed by atoms with Crippen LogP contribution in [0.1, 0.15) is 65.2 Å². The first-order valence-corrected chi connectivity index (χ1v) is 8.27. The molecule has 0 heterocycles. The molecule has 0 radical (unpaired) electrons.